The third-order valence-electron chi connectivity index (χ3n) is 7.38. The molecule has 3 heterocycles. The molecule has 2 atom stereocenters. The minimum atomic E-state index is -1.33. The van der Waals surface area contributed by atoms with E-state index in [2.05, 4.69) is 4.98 Å². The molecule has 9 heteroatoms. The fourth-order valence-corrected chi connectivity index (χ4v) is 5.10. The van der Waals surface area contributed by atoms with Crippen molar-refractivity contribution in [2.75, 3.05) is 12.3 Å². The van der Waals surface area contributed by atoms with Crippen molar-refractivity contribution in [2.24, 2.45) is 11.7 Å². The molecule has 0 bridgehead atoms. The Balaban J connectivity index is 1.36. The molecule has 0 radical (unpaired) electrons. The van der Waals surface area contributed by atoms with Gasteiger partial charge in [0.1, 0.15) is 29.2 Å². The third-order valence-corrected chi connectivity index (χ3v) is 7.38. The molecule has 1 saturated carbocycles. The van der Waals surface area contributed by atoms with E-state index in [1.807, 2.05) is 13.0 Å². The van der Waals surface area contributed by atoms with Crippen LogP contribution in [0.2, 0.25) is 0 Å². The number of nitrogen functional groups attached to an aromatic ring is 1. The molecule has 8 nitrogen and oxygen atoms in total. The van der Waals surface area contributed by atoms with Gasteiger partial charge in [-0.3, -0.25) is 4.79 Å². The maximum Gasteiger partial charge on any atom is 0.292 e. The first-order chi connectivity index (χ1) is 17.6. The highest BCUT2D eigenvalue weighted by Crippen LogP contribution is 2.51. The monoisotopic (exact) mass is 502 g/mol. The molecule has 6 rings (SSSR count). The molecular weight excluding hydrogens is 475 g/mol. The normalized spacial score (nSPS) is 20.4. The molecule has 0 spiro atoms. The van der Waals surface area contributed by atoms with Crippen LogP contribution in [0.5, 0.6) is 5.75 Å². The first-order valence-electron chi connectivity index (χ1n) is 12.3. The highest BCUT2D eigenvalue weighted by Gasteiger charge is 2.48. The van der Waals surface area contributed by atoms with E-state index in [0.717, 1.165) is 18.4 Å². The molecule has 5 N–H and O–H groups in total. The first kappa shape index (κ1) is 23.6. The molecule has 4 aromatic rings. The van der Waals surface area contributed by atoms with Crippen LogP contribution in [0, 0.1) is 11.7 Å². The number of carbonyl (C=O) groups excluding carboxylic acids is 1. The summed E-state index contributed by atoms with van der Waals surface area (Å²) < 4.78 is 24.9. The summed E-state index contributed by atoms with van der Waals surface area (Å²) in [5, 5.41) is 12.0. The number of oxazole rings is 1. The lowest BCUT2D eigenvalue weighted by Gasteiger charge is -2.29. The molecule has 0 unspecified atom stereocenters. The highest BCUT2D eigenvalue weighted by atomic mass is 19.1. The highest BCUT2D eigenvalue weighted by molar-refractivity contribution is 5.98. The summed E-state index contributed by atoms with van der Waals surface area (Å²) >= 11 is 0. The maximum absolute atomic E-state index is 13.6. The van der Waals surface area contributed by atoms with Crippen LogP contribution in [0.15, 0.2) is 52.9 Å². The van der Waals surface area contributed by atoms with Crippen molar-refractivity contribution in [2.45, 2.75) is 43.7 Å². The largest absolute Gasteiger partial charge is 0.489 e. The van der Waals surface area contributed by atoms with E-state index in [4.69, 9.17) is 25.6 Å². The summed E-state index contributed by atoms with van der Waals surface area (Å²) in [6.07, 6.45) is 1.94. The topological polar surface area (TPSA) is 137 Å². The standard InChI is InChI=1S/C28H27FN4O4/c1-27(31)14-36-25-19(27)13-23(33-24(25)15-2-7-18(29)8-3-15)28(35,17-5-6-17)11-10-21(34)16-4-9-20-22(12-16)37-26(30)32-20/h2-4,7-9,12-13,17,35H,5-6,10-11,14,31H2,1H3,(H2,30,32)/t27-,28+/m0/s1. The Morgan fingerprint density at radius 1 is 1.19 bits per heavy atom. The van der Waals surface area contributed by atoms with Crippen molar-refractivity contribution in [3.63, 3.8) is 0 Å². The van der Waals surface area contributed by atoms with Crippen LogP contribution in [0.25, 0.3) is 22.4 Å². The van der Waals surface area contributed by atoms with Gasteiger partial charge in [-0.1, -0.05) is 0 Å². The number of hydrogen-bond donors (Lipinski definition) is 3. The lowest BCUT2D eigenvalue weighted by molar-refractivity contribution is -0.00116. The number of aromatic nitrogens is 2. The number of halogens is 1. The van der Waals surface area contributed by atoms with E-state index in [9.17, 15) is 14.3 Å². The number of ketones is 1. The number of benzene rings is 2. The van der Waals surface area contributed by atoms with Crippen LogP contribution in [-0.2, 0) is 11.1 Å². The van der Waals surface area contributed by atoms with Gasteiger partial charge in [0.25, 0.3) is 6.01 Å². The van der Waals surface area contributed by atoms with Crippen LogP contribution < -0.4 is 16.2 Å². The number of rotatable bonds is 7. The van der Waals surface area contributed by atoms with E-state index >= 15 is 0 Å². The van der Waals surface area contributed by atoms with Crippen LogP contribution in [-0.4, -0.2) is 27.5 Å². The first-order valence-corrected chi connectivity index (χ1v) is 12.3. The number of carbonyl (C=O) groups is 1. The van der Waals surface area contributed by atoms with Crippen molar-refractivity contribution in [1.29, 1.82) is 0 Å². The molecular formula is C28H27FN4O4. The molecule has 1 fully saturated rings. The van der Waals surface area contributed by atoms with Gasteiger partial charge < -0.3 is 25.7 Å². The van der Waals surface area contributed by atoms with Crippen LogP contribution in [0.4, 0.5) is 10.4 Å². The summed E-state index contributed by atoms with van der Waals surface area (Å²) in [6, 6.07) is 12.8. The number of fused-ring (bicyclic) bond motifs is 2. The Hall–Kier alpha value is -3.82. The second-order valence-electron chi connectivity index (χ2n) is 10.3. The Bertz CT molecular complexity index is 1530. The van der Waals surface area contributed by atoms with E-state index in [-0.39, 0.29) is 43.0 Å². The number of anilines is 1. The Labute approximate surface area is 212 Å². The van der Waals surface area contributed by atoms with Gasteiger partial charge in [0.2, 0.25) is 0 Å². The van der Waals surface area contributed by atoms with Gasteiger partial charge in [0, 0.05) is 23.1 Å². The lowest BCUT2D eigenvalue weighted by atomic mass is 9.83. The van der Waals surface area contributed by atoms with Gasteiger partial charge >= 0.3 is 0 Å². The van der Waals surface area contributed by atoms with E-state index in [1.54, 1.807) is 30.3 Å². The summed E-state index contributed by atoms with van der Waals surface area (Å²) in [6.45, 7) is 2.12. The zero-order valence-corrected chi connectivity index (χ0v) is 20.3. The number of Topliss-reactive ketones (excluding diaryl/α,β-unsaturated/α-hetero) is 1. The fourth-order valence-electron chi connectivity index (χ4n) is 5.10. The lowest BCUT2D eigenvalue weighted by Crippen LogP contribution is -2.35. The van der Waals surface area contributed by atoms with E-state index in [0.29, 0.717) is 39.4 Å². The Morgan fingerprint density at radius 2 is 1.95 bits per heavy atom. The predicted molar refractivity (Wildman–Crippen MR) is 135 cm³/mol. The van der Waals surface area contributed by atoms with E-state index in [1.165, 1.54) is 12.1 Å². The van der Waals surface area contributed by atoms with Crippen molar-refractivity contribution in [3.05, 3.63) is 71.2 Å². The SMILES string of the molecule is C[C@]1(N)COc2c1cc([C@@](O)(CCC(=O)c1ccc3nc(N)oc3c1)C1CC1)nc2-c1ccc(F)cc1. The molecule has 1 aliphatic carbocycles. The minimum Gasteiger partial charge on any atom is -0.489 e. The number of nitrogens with zero attached hydrogens (tertiary/aromatic N) is 2. The number of hydrogen-bond acceptors (Lipinski definition) is 8. The molecule has 1 aliphatic heterocycles. The number of nitrogens with two attached hydrogens (primary N) is 2. The predicted octanol–water partition coefficient (Wildman–Crippen LogP) is 4.44. The van der Waals surface area contributed by atoms with Gasteiger partial charge in [-0.15, -0.1) is 0 Å². The quantitative estimate of drug-likeness (QED) is 0.316. The van der Waals surface area contributed by atoms with Crippen molar-refractivity contribution in [1.82, 2.24) is 9.97 Å². The summed E-state index contributed by atoms with van der Waals surface area (Å²) in [5.41, 5.74) is 13.8. The van der Waals surface area contributed by atoms with Gasteiger partial charge in [-0.25, -0.2) is 9.37 Å². The molecule has 2 aliphatic rings. The zero-order chi connectivity index (χ0) is 25.9. The average Bonchev–Trinajstić information content (AvgIpc) is 3.60. The van der Waals surface area contributed by atoms with Crippen LogP contribution >= 0.6 is 0 Å². The Kier molecular flexibility index (Phi) is 5.32. The van der Waals surface area contributed by atoms with Gasteiger partial charge in [0.15, 0.2) is 17.1 Å². The van der Waals surface area contributed by atoms with Gasteiger partial charge in [-0.05, 0) is 80.6 Å². The summed E-state index contributed by atoms with van der Waals surface area (Å²) in [7, 11) is 0. The second-order valence-corrected chi connectivity index (χ2v) is 10.3. The van der Waals surface area contributed by atoms with Crippen LogP contribution in [0.3, 0.4) is 0 Å². The number of aliphatic hydroxyl groups is 1. The molecule has 2 aromatic heterocycles. The average molecular weight is 503 g/mol. The van der Waals surface area contributed by atoms with Crippen molar-refractivity contribution >= 4 is 22.9 Å². The second kappa shape index (κ2) is 8.36. The van der Waals surface area contributed by atoms with Crippen molar-refractivity contribution in [3.8, 4) is 17.0 Å². The minimum absolute atomic E-state index is 0.0326. The molecule has 2 aromatic carbocycles. The third kappa shape index (κ3) is 4.14. The molecule has 0 amide bonds. The van der Waals surface area contributed by atoms with Gasteiger partial charge in [0.05, 0.1) is 11.2 Å². The number of pyridine rings is 1. The number of ether oxygens (including phenoxy) is 1. The maximum atomic E-state index is 13.6. The van der Waals surface area contributed by atoms with Crippen molar-refractivity contribution < 1.29 is 23.4 Å². The van der Waals surface area contributed by atoms with Crippen LogP contribution in [0.1, 0.15) is 54.2 Å². The van der Waals surface area contributed by atoms with E-state index < -0.39 is 11.1 Å². The van der Waals surface area contributed by atoms with Gasteiger partial charge in [-0.2, -0.15) is 4.98 Å². The molecule has 190 valence electrons. The molecule has 0 saturated heterocycles. The summed E-state index contributed by atoms with van der Waals surface area (Å²) in [5.74, 6) is 0.00670. The summed E-state index contributed by atoms with van der Waals surface area (Å²) in [4.78, 5) is 22.0. The fraction of sp³-hybridized carbons (Fsp3) is 0.321. The zero-order valence-electron chi connectivity index (χ0n) is 20.3. The molecule has 37 heavy (non-hydrogen) atoms. The smallest absolute Gasteiger partial charge is 0.292 e. The Morgan fingerprint density at radius 3 is 2.68 bits per heavy atom.